The van der Waals surface area contributed by atoms with Gasteiger partial charge in [0.25, 0.3) is 0 Å². The van der Waals surface area contributed by atoms with E-state index in [1.54, 1.807) is 0 Å². The minimum atomic E-state index is -0.493. The van der Waals surface area contributed by atoms with Crippen LogP contribution >= 0.6 is 0 Å². The predicted molar refractivity (Wildman–Crippen MR) is 55.4 cm³/mol. The average Bonchev–Trinajstić information content (AvgIpc) is 2.25. The Kier molecular flexibility index (Phi) is 5.16. The van der Waals surface area contributed by atoms with Gasteiger partial charge in [-0.3, -0.25) is 4.79 Å². The molecule has 1 fully saturated rings. The van der Waals surface area contributed by atoms with E-state index in [-0.39, 0.29) is 12.2 Å². The topological polar surface area (TPSA) is 47.6 Å². The molecule has 0 aromatic heterocycles. The van der Waals surface area contributed by atoms with E-state index in [1.807, 2.05) is 0 Å². The SMILES string of the molecule is C#CC([CH]OC1CCCCO1)NC(C)=O. The highest BCUT2D eigenvalue weighted by molar-refractivity contribution is 5.73. The van der Waals surface area contributed by atoms with Crippen molar-refractivity contribution in [2.45, 2.75) is 38.5 Å². The lowest BCUT2D eigenvalue weighted by molar-refractivity contribution is -0.145. The molecule has 1 heterocycles. The highest BCUT2D eigenvalue weighted by Gasteiger charge is 2.16. The van der Waals surface area contributed by atoms with Crippen LogP contribution in [0.5, 0.6) is 0 Å². The van der Waals surface area contributed by atoms with Gasteiger partial charge in [-0.1, -0.05) is 5.92 Å². The van der Waals surface area contributed by atoms with Crippen molar-refractivity contribution in [2.75, 3.05) is 6.61 Å². The Labute approximate surface area is 90.3 Å². The highest BCUT2D eigenvalue weighted by atomic mass is 16.7. The van der Waals surface area contributed by atoms with E-state index in [4.69, 9.17) is 15.9 Å². The molecule has 0 aromatic rings. The Morgan fingerprint density at radius 1 is 1.73 bits per heavy atom. The maximum absolute atomic E-state index is 10.8. The van der Waals surface area contributed by atoms with E-state index in [0.29, 0.717) is 0 Å². The van der Waals surface area contributed by atoms with Gasteiger partial charge < -0.3 is 14.8 Å². The van der Waals surface area contributed by atoms with Crippen molar-refractivity contribution in [2.24, 2.45) is 0 Å². The normalized spacial score (nSPS) is 22.8. The van der Waals surface area contributed by atoms with Crippen molar-refractivity contribution in [3.63, 3.8) is 0 Å². The molecule has 0 spiro atoms. The van der Waals surface area contributed by atoms with Gasteiger partial charge in [-0.05, 0) is 19.3 Å². The van der Waals surface area contributed by atoms with Crippen LogP contribution in [-0.4, -0.2) is 24.8 Å². The highest BCUT2D eigenvalue weighted by Crippen LogP contribution is 2.14. The van der Waals surface area contributed by atoms with Crippen LogP contribution in [0.15, 0.2) is 0 Å². The summed E-state index contributed by atoms with van der Waals surface area (Å²) in [6.45, 7) is 3.58. The lowest BCUT2D eigenvalue weighted by Gasteiger charge is -2.23. The summed E-state index contributed by atoms with van der Waals surface area (Å²) in [6, 6.07) is -0.493. The van der Waals surface area contributed by atoms with Gasteiger partial charge in [-0.15, -0.1) is 6.42 Å². The quantitative estimate of drug-likeness (QED) is 0.699. The van der Waals surface area contributed by atoms with E-state index in [0.717, 1.165) is 25.9 Å². The number of amides is 1. The summed E-state index contributed by atoms with van der Waals surface area (Å²) in [6.07, 6.45) is 8.04. The Morgan fingerprint density at radius 2 is 2.53 bits per heavy atom. The standard InChI is InChI=1S/C11H16NO3/c1-3-10(12-9(2)13)8-15-11-6-4-5-7-14-11/h1,8,10-11H,4-7H2,2H3,(H,12,13). The molecule has 1 rings (SSSR count). The fourth-order valence-electron chi connectivity index (χ4n) is 1.32. The van der Waals surface area contributed by atoms with E-state index >= 15 is 0 Å². The van der Waals surface area contributed by atoms with Crippen LogP contribution in [0.3, 0.4) is 0 Å². The molecule has 2 atom stereocenters. The fraction of sp³-hybridized carbons (Fsp3) is 0.636. The van der Waals surface area contributed by atoms with E-state index in [2.05, 4.69) is 11.2 Å². The van der Waals surface area contributed by atoms with Gasteiger partial charge in [0.15, 0.2) is 6.29 Å². The van der Waals surface area contributed by atoms with Crippen molar-refractivity contribution in [3.8, 4) is 12.3 Å². The van der Waals surface area contributed by atoms with Gasteiger partial charge in [0, 0.05) is 13.5 Å². The van der Waals surface area contributed by atoms with Crippen molar-refractivity contribution >= 4 is 5.91 Å². The molecular formula is C11H16NO3. The van der Waals surface area contributed by atoms with Gasteiger partial charge in [0.05, 0.1) is 0 Å². The molecule has 1 radical (unpaired) electrons. The molecule has 4 heteroatoms. The van der Waals surface area contributed by atoms with Crippen molar-refractivity contribution in [3.05, 3.63) is 6.61 Å². The summed E-state index contributed by atoms with van der Waals surface area (Å²) in [5.74, 6) is 2.23. The molecule has 0 bridgehead atoms. The van der Waals surface area contributed by atoms with Crippen molar-refractivity contribution < 1.29 is 14.3 Å². The number of carbonyl (C=O) groups excluding carboxylic acids is 1. The van der Waals surface area contributed by atoms with Crippen molar-refractivity contribution in [1.82, 2.24) is 5.32 Å². The van der Waals surface area contributed by atoms with Crippen LogP contribution in [0.4, 0.5) is 0 Å². The molecular weight excluding hydrogens is 194 g/mol. The molecule has 1 saturated heterocycles. The number of ether oxygens (including phenoxy) is 2. The summed E-state index contributed by atoms with van der Waals surface area (Å²) in [5, 5.41) is 2.56. The predicted octanol–water partition coefficient (Wildman–Crippen LogP) is 0.829. The number of nitrogens with one attached hydrogen (secondary N) is 1. The Hall–Kier alpha value is -1.05. The zero-order valence-electron chi connectivity index (χ0n) is 8.86. The molecule has 83 valence electrons. The van der Waals surface area contributed by atoms with Crippen molar-refractivity contribution in [1.29, 1.82) is 0 Å². The monoisotopic (exact) mass is 210 g/mol. The third-order valence-electron chi connectivity index (χ3n) is 2.04. The van der Waals surface area contributed by atoms with Crippen LogP contribution in [0.1, 0.15) is 26.2 Å². The maximum atomic E-state index is 10.8. The second kappa shape index (κ2) is 6.44. The number of terminal acetylenes is 1. The molecule has 1 aliphatic heterocycles. The van der Waals surface area contributed by atoms with Gasteiger partial charge in [0.1, 0.15) is 12.6 Å². The van der Waals surface area contributed by atoms with Gasteiger partial charge in [-0.25, -0.2) is 0 Å². The smallest absolute Gasteiger partial charge is 0.217 e. The molecule has 0 aliphatic carbocycles. The van der Waals surface area contributed by atoms with E-state index < -0.39 is 6.04 Å². The second-order valence-electron chi connectivity index (χ2n) is 3.41. The van der Waals surface area contributed by atoms with Crippen LogP contribution in [0.2, 0.25) is 0 Å². The summed E-state index contributed by atoms with van der Waals surface area (Å²) in [5.41, 5.74) is 0. The Balaban J connectivity index is 2.21. The van der Waals surface area contributed by atoms with Gasteiger partial charge >= 0.3 is 0 Å². The Morgan fingerprint density at radius 3 is 3.07 bits per heavy atom. The number of hydrogen-bond acceptors (Lipinski definition) is 3. The summed E-state index contributed by atoms with van der Waals surface area (Å²) < 4.78 is 10.7. The zero-order valence-corrected chi connectivity index (χ0v) is 8.86. The molecule has 1 amide bonds. The van der Waals surface area contributed by atoms with E-state index in [9.17, 15) is 4.79 Å². The van der Waals surface area contributed by atoms with Gasteiger partial charge in [0.2, 0.25) is 5.91 Å². The largest absolute Gasteiger partial charge is 0.353 e. The summed E-state index contributed by atoms with van der Waals surface area (Å²) >= 11 is 0. The average molecular weight is 210 g/mol. The number of rotatable bonds is 4. The molecule has 2 unspecified atom stereocenters. The zero-order chi connectivity index (χ0) is 11.1. The fourth-order valence-corrected chi connectivity index (χ4v) is 1.32. The summed E-state index contributed by atoms with van der Waals surface area (Å²) in [4.78, 5) is 10.8. The molecule has 15 heavy (non-hydrogen) atoms. The van der Waals surface area contributed by atoms with Crippen LogP contribution in [0.25, 0.3) is 0 Å². The minimum absolute atomic E-state index is 0.178. The third kappa shape index (κ3) is 4.82. The second-order valence-corrected chi connectivity index (χ2v) is 3.41. The number of hydrogen-bond donors (Lipinski definition) is 1. The first-order valence-corrected chi connectivity index (χ1v) is 5.06. The molecule has 0 saturated carbocycles. The lowest BCUT2D eigenvalue weighted by atomic mass is 10.2. The first-order valence-electron chi connectivity index (χ1n) is 5.06. The first-order chi connectivity index (χ1) is 7.22. The third-order valence-corrected chi connectivity index (χ3v) is 2.04. The maximum Gasteiger partial charge on any atom is 0.217 e. The van der Waals surface area contributed by atoms with E-state index in [1.165, 1.54) is 13.5 Å². The first kappa shape index (κ1) is 12.0. The molecule has 1 N–H and O–H groups in total. The van der Waals surface area contributed by atoms with Crippen LogP contribution in [0, 0.1) is 19.0 Å². The number of carbonyl (C=O) groups is 1. The molecule has 1 aliphatic rings. The van der Waals surface area contributed by atoms with Crippen LogP contribution in [-0.2, 0) is 14.3 Å². The lowest BCUT2D eigenvalue weighted by Crippen LogP contribution is -2.34. The Bertz CT molecular complexity index is 241. The minimum Gasteiger partial charge on any atom is -0.353 e. The van der Waals surface area contributed by atoms with Gasteiger partial charge in [-0.2, -0.15) is 0 Å². The van der Waals surface area contributed by atoms with Crippen LogP contribution < -0.4 is 5.32 Å². The molecule has 0 aromatic carbocycles. The molecule has 4 nitrogen and oxygen atoms in total. The summed E-state index contributed by atoms with van der Waals surface area (Å²) in [7, 11) is 0.